The van der Waals surface area contributed by atoms with E-state index >= 15 is 0 Å². The second-order valence-corrected chi connectivity index (χ2v) is 8.83. The first-order valence-electron chi connectivity index (χ1n) is 11.2. The Kier molecular flexibility index (Phi) is 6.65. The summed E-state index contributed by atoms with van der Waals surface area (Å²) in [6.45, 7) is 12.2. The molecule has 0 spiro atoms. The van der Waals surface area contributed by atoms with Gasteiger partial charge in [0, 0.05) is 0 Å². The topological polar surface area (TPSA) is 0 Å². The molecule has 0 bridgehead atoms. The van der Waals surface area contributed by atoms with E-state index in [0.717, 1.165) is 23.0 Å². The average Bonchev–Trinajstić information content (AvgIpc) is 3.58. The molecule has 0 saturated carbocycles. The van der Waals surface area contributed by atoms with Crippen LogP contribution in [0.1, 0.15) is 57.3 Å². The quantitative estimate of drug-likeness (QED) is 0.158. The summed E-state index contributed by atoms with van der Waals surface area (Å²) in [5, 5.41) is 5.90. The number of hydrogen-bond donors (Lipinski definition) is 0. The van der Waals surface area contributed by atoms with Gasteiger partial charge in [-0.25, -0.2) is 0 Å². The summed E-state index contributed by atoms with van der Waals surface area (Å²) in [6, 6.07) is 13.4. The third-order valence-corrected chi connectivity index (χ3v) is 7.49. The van der Waals surface area contributed by atoms with Crippen LogP contribution in [0, 0.1) is 27.7 Å². The fraction of sp³-hybridized carbons (Fsp3) is 0.357. The second kappa shape index (κ2) is 9.08. The molecule has 0 amide bonds. The van der Waals surface area contributed by atoms with Gasteiger partial charge in [0.05, 0.1) is 0 Å². The van der Waals surface area contributed by atoms with E-state index in [-0.39, 0.29) is 0 Å². The third-order valence-electron chi connectivity index (χ3n) is 7.49. The molecule has 0 heterocycles. The van der Waals surface area contributed by atoms with Crippen molar-refractivity contribution in [2.24, 2.45) is 0 Å². The molecule has 0 nitrogen and oxygen atoms in total. The molecule has 30 heavy (non-hydrogen) atoms. The van der Waals surface area contributed by atoms with Gasteiger partial charge in [-0.1, -0.05) is 47.2 Å². The molecule has 4 aromatic carbocycles. The molecule has 2 radical (unpaired) electrons. The van der Waals surface area contributed by atoms with Gasteiger partial charge in [0.2, 0.25) is 0 Å². The van der Waals surface area contributed by atoms with Gasteiger partial charge >= 0.3 is 29.9 Å². The van der Waals surface area contributed by atoms with Crippen molar-refractivity contribution in [2.45, 2.75) is 66.2 Å². The van der Waals surface area contributed by atoms with E-state index in [1.807, 2.05) is 0 Å². The minimum atomic E-state index is 1.11. The summed E-state index contributed by atoms with van der Waals surface area (Å²) in [6.07, 6.45) is 7.88. The van der Waals surface area contributed by atoms with Crippen molar-refractivity contribution < 1.29 is 23.0 Å². The number of benzene rings is 2. The Bertz CT molecular complexity index is 1040. The molecule has 0 saturated heterocycles. The molecule has 0 aliphatic heterocycles. The van der Waals surface area contributed by atoms with E-state index in [1.165, 1.54) is 82.3 Å². The molecular weight excluding hydrogens is 543 g/mol. The monoisotopic (exact) mass is 574 g/mol. The van der Waals surface area contributed by atoms with Crippen molar-refractivity contribution in [3.63, 3.8) is 0 Å². The fourth-order valence-corrected chi connectivity index (χ4v) is 5.94. The Morgan fingerprint density at radius 1 is 0.600 bits per heavy atom. The van der Waals surface area contributed by atoms with Crippen LogP contribution in [0.3, 0.4) is 0 Å². The average molecular weight is 573 g/mol. The van der Waals surface area contributed by atoms with Crippen molar-refractivity contribution >= 4 is 28.5 Å². The Balaban J connectivity index is 0.000000134. The minimum absolute atomic E-state index is 1.11. The zero-order chi connectivity index (χ0) is 21.4. The van der Waals surface area contributed by atoms with Crippen LogP contribution in [0.2, 0.25) is 0 Å². The van der Waals surface area contributed by atoms with Crippen LogP contribution in [0.4, 0.5) is 0 Å². The van der Waals surface area contributed by atoms with Crippen LogP contribution in [-0.2, 0) is 48.7 Å². The summed E-state index contributed by atoms with van der Waals surface area (Å²) in [7, 11) is 0. The van der Waals surface area contributed by atoms with E-state index in [1.54, 1.807) is 22.3 Å². The molecular formula is C28H30HfSi. The first-order chi connectivity index (χ1) is 14.6. The van der Waals surface area contributed by atoms with E-state index in [9.17, 15) is 0 Å². The molecule has 6 rings (SSSR count). The predicted octanol–water partition coefficient (Wildman–Crippen LogP) is 6.95. The van der Waals surface area contributed by atoms with Crippen molar-refractivity contribution in [1.29, 1.82) is 0 Å². The van der Waals surface area contributed by atoms with Gasteiger partial charge in [-0.15, -0.1) is 44.8 Å². The molecule has 0 N–H and O–H groups in total. The van der Waals surface area contributed by atoms with Gasteiger partial charge in [-0.3, -0.25) is 0 Å². The molecule has 0 atom stereocenters. The first-order valence-corrected chi connectivity index (χ1v) is 17.0. The number of hydrogen-bond acceptors (Lipinski definition) is 0. The number of aryl methyl sites for hydroxylation is 4. The van der Waals surface area contributed by atoms with Gasteiger partial charge in [0.15, 0.2) is 0 Å². The normalized spacial score (nSPS) is 14.2. The summed E-state index contributed by atoms with van der Waals surface area (Å²) < 4.78 is 0. The van der Waals surface area contributed by atoms with Gasteiger partial charge in [-0.05, 0) is 52.4 Å². The maximum atomic E-state index is 3.11. The third kappa shape index (κ3) is 3.54. The molecule has 2 aliphatic rings. The summed E-state index contributed by atoms with van der Waals surface area (Å²) in [5.74, 6) is 0. The Labute approximate surface area is 197 Å². The Morgan fingerprint density at radius 3 is 1.30 bits per heavy atom. The van der Waals surface area contributed by atoms with Crippen molar-refractivity contribution in [3.05, 3.63) is 80.9 Å². The van der Waals surface area contributed by atoms with Gasteiger partial charge in [0.25, 0.3) is 0 Å². The molecule has 4 aromatic rings. The van der Waals surface area contributed by atoms with Crippen LogP contribution in [0.5, 0.6) is 0 Å². The standard InChI is InChI=1S/2C14H15.Hf.Si/c2*1-9-11-5-3-7-13(11)10(2)14-8-4-6-12(9)14;;/h2*3,5,7H,4,6,8H2,1-2H3;;/q2*-1;+2;. The predicted molar refractivity (Wildman–Crippen MR) is 128 cm³/mol. The van der Waals surface area contributed by atoms with Crippen LogP contribution in [0.25, 0.3) is 21.5 Å². The summed E-state index contributed by atoms with van der Waals surface area (Å²) >= 11 is 1.11. The number of rotatable bonds is 0. The molecule has 2 aliphatic carbocycles. The molecule has 0 aromatic heterocycles. The SMILES string of the molecule is Cc1c2c(c(C)c3[cH-]ccc13)CCC2.Cc1c2c(c(C)c3[cH-]ccc13)CCC2.[Si]=[Hf+2]. The van der Waals surface area contributed by atoms with Crippen LogP contribution in [-0.4, -0.2) is 6.94 Å². The Hall–Kier alpha value is -1.25. The first kappa shape index (κ1) is 22.0. The molecule has 2 heteroatoms. The van der Waals surface area contributed by atoms with Crippen LogP contribution in [0.15, 0.2) is 36.4 Å². The molecule has 0 unspecified atom stereocenters. The summed E-state index contributed by atoms with van der Waals surface area (Å²) in [4.78, 5) is 0. The van der Waals surface area contributed by atoms with Crippen molar-refractivity contribution in [3.8, 4) is 0 Å². The zero-order valence-corrected chi connectivity index (χ0v) is 23.3. The maximum absolute atomic E-state index is 3.11. The van der Waals surface area contributed by atoms with E-state index in [2.05, 4.69) is 71.0 Å². The molecule has 0 fully saturated rings. The zero-order valence-electron chi connectivity index (χ0n) is 18.7. The van der Waals surface area contributed by atoms with Gasteiger partial charge in [-0.2, -0.15) is 24.3 Å². The summed E-state index contributed by atoms with van der Waals surface area (Å²) in [5.41, 5.74) is 12.7. The van der Waals surface area contributed by atoms with Gasteiger partial charge < -0.3 is 0 Å². The Morgan fingerprint density at radius 2 is 0.933 bits per heavy atom. The molecule has 150 valence electrons. The second-order valence-electron chi connectivity index (χ2n) is 8.83. The van der Waals surface area contributed by atoms with E-state index < -0.39 is 0 Å². The van der Waals surface area contributed by atoms with Crippen molar-refractivity contribution in [1.82, 2.24) is 0 Å². The van der Waals surface area contributed by atoms with E-state index in [0.29, 0.717) is 0 Å². The number of fused-ring (bicyclic) bond motifs is 4. The van der Waals surface area contributed by atoms with Crippen LogP contribution < -0.4 is 0 Å². The van der Waals surface area contributed by atoms with Crippen molar-refractivity contribution in [2.75, 3.05) is 0 Å². The fourth-order valence-electron chi connectivity index (χ4n) is 5.94. The van der Waals surface area contributed by atoms with E-state index in [4.69, 9.17) is 0 Å². The van der Waals surface area contributed by atoms with Crippen LogP contribution >= 0.6 is 0 Å². The van der Waals surface area contributed by atoms with Gasteiger partial charge in [0.1, 0.15) is 0 Å².